The average molecular weight is 378 g/mol. The molecule has 0 atom stereocenters. The normalized spacial score (nSPS) is 13.1. The van der Waals surface area contributed by atoms with E-state index in [0.29, 0.717) is 30.0 Å². The first-order chi connectivity index (χ1) is 13.6. The van der Waals surface area contributed by atoms with Gasteiger partial charge in [0, 0.05) is 25.0 Å². The Hall–Kier alpha value is -3.48. The predicted molar refractivity (Wildman–Crippen MR) is 102 cm³/mol. The standard InChI is InChI=1S/C21H19FN4O2/c22-18-4-2-1-3-15(18)12-20(27)24-17-6-5-14-8-10-26(13-16(14)11-17)21(28)19-7-9-23-25-19/h1-7,9,11H,8,10,12-13H2,(H,23,25)(H,24,27). The lowest BCUT2D eigenvalue weighted by Gasteiger charge is -2.29. The number of H-pyrrole nitrogens is 1. The van der Waals surface area contributed by atoms with Gasteiger partial charge in [0.1, 0.15) is 11.5 Å². The van der Waals surface area contributed by atoms with Gasteiger partial charge in [-0.05, 0) is 47.4 Å². The maximum atomic E-state index is 13.7. The average Bonchev–Trinajstić information content (AvgIpc) is 3.23. The van der Waals surface area contributed by atoms with Crippen molar-refractivity contribution in [1.29, 1.82) is 0 Å². The number of nitrogens with one attached hydrogen (secondary N) is 2. The van der Waals surface area contributed by atoms with E-state index in [1.54, 1.807) is 35.4 Å². The van der Waals surface area contributed by atoms with E-state index in [1.807, 2.05) is 18.2 Å². The van der Waals surface area contributed by atoms with Crippen molar-refractivity contribution in [3.8, 4) is 0 Å². The predicted octanol–water partition coefficient (Wildman–Crippen LogP) is 2.93. The van der Waals surface area contributed by atoms with Crippen LogP contribution in [0.4, 0.5) is 10.1 Å². The molecule has 7 heteroatoms. The largest absolute Gasteiger partial charge is 0.333 e. The smallest absolute Gasteiger partial charge is 0.272 e. The van der Waals surface area contributed by atoms with E-state index in [2.05, 4.69) is 15.5 Å². The fourth-order valence-electron chi connectivity index (χ4n) is 3.37. The number of amides is 2. The molecule has 1 aliphatic heterocycles. The van der Waals surface area contributed by atoms with Gasteiger partial charge in [-0.15, -0.1) is 0 Å². The van der Waals surface area contributed by atoms with E-state index >= 15 is 0 Å². The highest BCUT2D eigenvalue weighted by atomic mass is 19.1. The number of hydrogen-bond donors (Lipinski definition) is 2. The van der Waals surface area contributed by atoms with Crippen molar-refractivity contribution in [2.75, 3.05) is 11.9 Å². The van der Waals surface area contributed by atoms with Gasteiger partial charge < -0.3 is 10.2 Å². The van der Waals surface area contributed by atoms with Crippen LogP contribution in [-0.4, -0.2) is 33.5 Å². The summed E-state index contributed by atoms with van der Waals surface area (Å²) in [6.07, 6.45) is 2.27. The zero-order valence-corrected chi connectivity index (χ0v) is 15.1. The van der Waals surface area contributed by atoms with Crippen molar-refractivity contribution in [2.24, 2.45) is 0 Å². The molecular weight excluding hydrogens is 359 g/mol. The molecule has 28 heavy (non-hydrogen) atoms. The summed E-state index contributed by atoms with van der Waals surface area (Å²) in [4.78, 5) is 26.5. The third-order valence-electron chi connectivity index (χ3n) is 4.83. The molecule has 0 aliphatic carbocycles. The maximum Gasteiger partial charge on any atom is 0.272 e. The van der Waals surface area contributed by atoms with Gasteiger partial charge in [-0.25, -0.2) is 4.39 Å². The van der Waals surface area contributed by atoms with Crippen LogP contribution in [0.25, 0.3) is 0 Å². The van der Waals surface area contributed by atoms with Crippen LogP contribution in [0.5, 0.6) is 0 Å². The molecule has 0 fully saturated rings. The number of rotatable bonds is 4. The van der Waals surface area contributed by atoms with Gasteiger partial charge in [0.25, 0.3) is 5.91 Å². The van der Waals surface area contributed by atoms with Gasteiger partial charge in [-0.2, -0.15) is 5.10 Å². The van der Waals surface area contributed by atoms with Crippen molar-refractivity contribution >= 4 is 17.5 Å². The lowest BCUT2D eigenvalue weighted by Crippen LogP contribution is -2.36. The molecule has 2 amide bonds. The molecule has 0 radical (unpaired) electrons. The molecule has 4 rings (SSSR count). The van der Waals surface area contributed by atoms with Gasteiger partial charge >= 0.3 is 0 Å². The van der Waals surface area contributed by atoms with Crippen molar-refractivity contribution in [1.82, 2.24) is 15.1 Å². The number of benzene rings is 2. The summed E-state index contributed by atoms with van der Waals surface area (Å²) in [6, 6.07) is 13.6. The Kier molecular flexibility index (Phi) is 4.89. The first kappa shape index (κ1) is 17.9. The first-order valence-corrected chi connectivity index (χ1v) is 9.04. The highest BCUT2D eigenvalue weighted by Crippen LogP contribution is 2.24. The molecular formula is C21H19FN4O2. The Balaban J connectivity index is 1.45. The summed E-state index contributed by atoms with van der Waals surface area (Å²) in [6.45, 7) is 1.09. The summed E-state index contributed by atoms with van der Waals surface area (Å²) >= 11 is 0. The zero-order valence-electron chi connectivity index (χ0n) is 15.1. The van der Waals surface area contributed by atoms with Crippen LogP contribution in [0.15, 0.2) is 54.7 Å². The van der Waals surface area contributed by atoms with Crippen LogP contribution in [0.2, 0.25) is 0 Å². The molecule has 2 N–H and O–H groups in total. The molecule has 2 aromatic carbocycles. The van der Waals surface area contributed by atoms with E-state index in [-0.39, 0.29) is 18.2 Å². The Labute approximate surface area is 161 Å². The summed E-state index contributed by atoms with van der Waals surface area (Å²) < 4.78 is 13.7. The molecule has 1 aliphatic rings. The molecule has 0 spiro atoms. The Morgan fingerprint density at radius 1 is 1.14 bits per heavy atom. The number of anilines is 1. The molecule has 142 valence electrons. The fourth-order valence-corrected chi connectivity index (χ4v) is 3.37. The topological polar surface area (TPSA) is 78.1 Å². The number of aromatic nitrogens is 2. The SMILES string of the molecule is O=C(Cc1ccccc1F)Nc1ccc2c(c1)CN(C(=O)c1ccn[nH]1)CC2. The Bertz CT molecular complexity index is 1020. The van der Waals surface area contributed by atoms with Crippen molar-refractivity contribution < 1.29 is 14.0 Å². The highest BCUT2D eigenvalue weighted by Gasteiger charge is 2.23. The monoisotopic (exact) mass is 378 g/mol. The maximum absolute atomic E-state index is 13.7. The van der Waals surface area contributed by atoms with Crippen LogP contribution >= 0.6 is 0 Å². The molecule has 0 saturated heterocycles. The van der Waals surface area contributed by atoms with Gasteiger partial charge in [-0.1, -0.05) is 24.3 Å². The van der Waals surface area contributed by atoms with Crippen LogP contribution in [0.1, 0.15) is 27.2 Å². The summed E-state index contributed by atoms with van der Waals surface area (Å²) in [5.41, 5.74) is 3.59. The number of carbonyl (C=O) groups excluding carboxylic acids is 2. The van der Waals surface area contributed by atoms with Crippen LogP contribution in [0, 0.1) is 5.82 Å². The second-order valence-electron chi connectivity index (χ2n) is 6.75. The third-order valence-corrected chi connectivity index (χ3v) is 4.83. The minimum Gasteiger partial charge on any atom is -0.333 e. The van der Waals surface area contributed by atoms with E-state index in [9.17, 15) is 14.0 Å². The Morgan fingerprint density at radius 3 is 2.79 bits per heavy atom. The van der Waals surface area contributed by atoms with Crippen LogP contribution in [-0.2, 0) is 24.2 Å². The van der Waals surface area contributed by atoms with Crippen molar-refractivity contribution in [3.05, 3.63) is 82.9 Å². The van der Waals surface area contributed by atoms with Gasteiger partial charge in [0.2, 0.25) is 5.91 Å². The minimum absolute atomic E-state index is 0.0335. The van der Waals surface area contributed by atoms with Crippen molar-refractivity contribution in [2.45, 2.75) is 19.4 Å². The van der Waals surface area contributed by atoms with E-state index in [0.717, 1.165) is 17.5 Å². The molecule has 1 aromatic heterocycles. The summed E-state index contributed by atoms with van der Waals surface area (Å²) in [7, 11) is 0. The lowest BCUT2D eigenvalue weighted by atomic mass is 9.98. The second-order valence-corrected chi connectivity index (χ2v) is 6.75. The lowest BCUT2D eigenvalue weighted by molar-refractivity contribution is -0.115. The third kappa shape index (κ3) is 3.78. The number of hydrogen-bond acceptors (Lipinski definition) is 3. The fraction of sp³-hybridized carbons (Fsp3) is 0.190. The van der Waals surface area contributed by atoms with E-state index < -0.39 is 5.82 Å². The highest BCUT2D eigenvalue weighted by molar-refractivity contribution is 5.93. The number of halogens is 1. The molecule has 0 bridgehead atoms. The van der Waals surface area contributed by atoms with Gasteiger partial charge in [0.05, 0.1) is 6.42 Å². The number of fused-ring (bicyclic) bond motifs is 1. The Morgan fingerprint density at radius 2 is 2.00 bits per heavy atom. The molecule has 6 nitrogen and oxygen atoms in total. The second kappa shape index (κ2) is 7.64. The first-order valence-electron chi connectivity index (χ1n) is 9.04. The number of nitrogens with zero attached hydrogens (tertiary/aromatic N) is 2. The molecule has 0 unspecified atom stereocenters. The quantitative estimate of drug-likeness (QED) is 0.733. The molecule has 2 heterocycles. The van der Waals surface area contributed by atoms with E-state index in [4.69, 9.17) is 0 Å². The number of carbonyl (C=O) groups is 2. The molecule has 0 saturated carbocycles. The minimum atomic E-state index is -0.393. The van der Waals surface area contributed by atoms with Crippen molar-refractivity contribution in [3.63, 3.8) is 0 Å². The zero-order chi connectivity index (χ0) is 19.5. The van der Waals surface area contributed by atoms with Crippen LogP contribution in [0.3, 0.4) is 0 Å². The van der Waals surface area contributed by atoms with Gasteiger partial charge in [0.15, 0.2) is 0 Å². The summed E-state index contributed by atoms with van der Waals surface area (Å²) in [5, 5.41) is 9.33. The number of aromatic amines is 1. The van der Waals surface area contributed by atoms with Gasteiger partial charge in [-0.3, -0.25) is 14.7 Å². The molecule has 3 aromatic rings. The van der Waals surface area contributed by atoms with E-state index in [1.165, 1.54) is 6.07 Å². The van der Waals surface area contributed by atoms with Crippen LogP contribution < -0.4 is 5.32 Å². The summed E-state index contributed by atoms with van der Waals surface area (Å²) in [5.74, 6) is -0.778.